The van der Waals surface area contributed by atoms with Gasteiger partial charge in [-0.05, 0) is 24.3 Å². The predicted molar refractivity (Wildman–Crippen MR) is 119 cm³/mol. The second-order valence-corrected chi connectivity index (χ2v) is 7.59. The molecule has 4 N–H and O–H groups in total. The second-order valence-electron chi connectivity index (χ2n) is 7.59. The van der Waals surface area contributed by atoms with Crippen LogP contribution in [0, 0.1) is 0 Å². The molecule has 162 valence electrons. The highest BCUT2D eigenvalue weighted by Crippen LogP contribution is 2.40. The summed E-state index contributed by atoms with van der Waals surface area (Å²) in [6, 6.07) is 11.6. The molecule has 0 radical (unpaired) electrons. The van der Waals surface area contributed by atoms with E-state index >= 15 is 0 Å². The quantitative estimate of drug-likeness (QED) is 0.455. The summed E-state index contributed by atoms with van der Waals surface area (Å²) in [7, 11) is 1.64. The first-order valence-corrected chi connectivity index (χ1v) is 10.3. The minimum Gasteiger partial charge on any atom is -0.497 e. The number of ether oxygens (including phenoxy) is 3. The Morgan fingerprint density at radius 3 is 2.69 bits per heavy atom. The summed E-state index contributed by atoms with van der Waals surface area (Å²) < 4.78 is 19.0. The predicted octanol–water partition coefficient (Wildman–Crippen LogP) is 2.88. The monoisotopic (exact) mass is 431 g/mol. The van der Waals surface area contributed by atoms with Crippen LogP contribution in [0.2, 0.25) is 0 Å². The van der Waals surface area contributed by atoms with E-state index in [0.29, 0.717) is 30.7 Å². The molecule has 32 heavy (non-hydrogen) atoms. The number of guanidine groups is 1. The summed E-state index contributed by atoms with van der Waals surface area (Å²) in [5.74, 6) is 3.05. The van der Waals surface area contributed by atoms with Crippen molar-refractivity contribution in [1.82, 2.24) is 19.7 Å². The molecule has 2 aliphatic heterocycles. The van der Waals surface area contributed by atoms with Gasteiger partial charge in [0, 0.05) is 29.7 Å². The van der Waals surface area contributed by atoms with Gasteiger partial charge >= 0.3 is 0 Å². The average molecular weight is 431 g/mol. The Hall–Kier alpha value is -4.21. The molecule has 1 unspecified atom stereocenters. The van der Waals surface area contributed by atoms with Crippen molar-refractivity contribution < 1.29 is 14.2 Å². The Morgan fingerprint density at radius 2 is 1.91 bits per heavy atom. The highest BCUT2D eigenvalue weighted by atomic mass is 16.5. The zero-order valence-corrected chi connectivity index (χ0v) is 17.3. The van der Waals surface area contributed by atoms with Gasteiger partial charge in [-0.25, -0.2) is 9.98 Å². The molecular weight excluding hydrogens is 410 g/mol. The highest BCUT2D eigenvalue weighted by Gasteiger charge is 2.29. The largest absolute Gasteiger partial charge is 0.497 e. The Morgan fingerprint density at radius 1 is 1.12 bits per heavy atom. The van der Waals surface area contributed by atoms with Crippen LogP contribution in [-0.4, -0.2) is 46.0 Å². The number of anilines is 1. The smallest absolute Gasteiger partial charge is 0.212 e. The third-order valence-electron chi connectivity index (χ3n) is 5.63. The minimum atomic E-state index is -0.461. The number of nitrogens with two attached hydrogens (primary N) is 1. The van der Waals surface area contributed by atoms with E-state index in [1.165, 1.54) is 0 Å². The Balaban J connectivity index is 1.50. The van der Waals surface area contributed by atoms with Crippen LogP contribution < -0.4 is 25.3 Å². The summed E-state index contributed by atoms with van der Waals surface area (Å²) in [6.45, 7) is 1.22. The lowest BCUT2D eigenvalue weighted by molar-refractivity contribution is 0.297. The number of methoxy groups -OCH3 is 1. The fourth-order valence-electron chi connectivity index (χ4n) is 4.11. The molecule has 6 rings (SSSR count). The molecule has 2 aromatic heterocycles. The van der Waals surface area contributed by atoms with Crippen molar-refractivity contribution in [3.63, 3.8) is 0 Å². The third kappa shape index (κ3) is 2.91. The molecule has 0 spiro atoms. The summed E-state index contributed by atoms with van der Waals surface area (Å²) in [6.07, 6.45) is 2.14. The number of hydrogen-bond acceptors (Lipinski definition) is 8. The molecule has 0 saturated carbocycles. The van der Waals surface area contributed by atoms with E-state index in [2.05, 4.69) is 20.5 Å². The molecule has 0 fully saturated rings. The van der Waals surface area contributed by atoms with Gasteiger partial charge in [-0.2, -0.15) is 5.10 Å². The zero-order valence-electron chi connectivity index (χ0n) is 17.3. The normalized spacial score (nSPS) is 17.3. The van der Waals surface area contributed by atoms with Gasteiger partial charge in [0.2, 0.25) is 5.95 Å². The molecule has 1 atom stereocenters. The average Bonchev–Trinajstić information content (AvgIpc) is 3.35. The maximum Gasteiger partial charge on any atom is 0.212 e. The van der Waals surface area contributed by atoms with E-state index < -0.39 is 6.17 Å². The maximum atomic E-state index is 6.13. The summed E-state index contributed by atoms with van der Waals surface area (Å²) in [5.41, 5.74) is 10.4. The number of fused-ring (bicyclic) bond motifs is 4. The zero-order chi connectivity index (χ0) is 21.7. The fourth-order valence-corrected chi connectivity index (χ4v) is 4.11. The number of rotatable bonds is 3. The van der Waals surface area contributed by atoms with Crippen LogP contribution >= 0.6 is 0 Å². The van der Waals surface area contributed by atoms with E-state index in [1.807, 2.05) is 41.0 Å². The lowest BCUT2D eigenvalue weighted by Crippen LogP contribution is -2.31. The van der Waals surface area contributed by atoms with Crippen molar-refractivity contribution >= 4 is 22.9 Å². The van der Waals surface area contributed by atoms with Gasteiger partial charge in [0.05, 0.1) is 43.2 Å². The van der Waals surface area contributed by atoms with Crippen molar-refractivity contribution in [1.29, 1.82) is 0 Å². The van der Waals surface area contributed by atoms with Crippen LogP contribution in [0.25, 0.3) is 22.3 Å². The number of nitrogens with zero attached hydrogens (tertiary/aromatic N) is 4. The molecule has 0 aliphatic carbocycles. The number of aromatic nitrogens is 4. The van der Waals surface area contributed by atoms with Gasteiger partial charge in [-0.3, -0.25) is 15.0 Å². The first-order valence-electron chi connectivity index (χ1n) is 10.3. The molecule has 2 aromatic carbocycles. The molecule has 2 aliphatic rings. The van der Waals surface area contributed by atoms with E-state index in [-0.39, 0.29) is 5.96 Å². The summed E-state index contributed by atoms with van der Waals surface area (Å²) in [4.78, 5) is 9.42. The van der Waals surface area contributed by atoms with Crippen LogP contribution in [0.4, 0.5) is 5.95 Å². The number of benzene rings is 2. The van der Waals surface area contributed by atoms with Gasteiger partial charge in [-0.15, -0.1) is 0 Å². The number of aliphatic imine (C=N–C) groups is 1. The molecule has 4 heterocycles. The second kappa shape index (κ2) is 7.19. The Kier molecular flexibility index (Phi) is 4.17. The first-order chi connectivity index (χ1) is 15.7. The van der Waals surface area contributed by atoms with Crippen LogP contribution in [0.15, 0.2) is 47.6 Å². The van der Waals surface area contributed by atoms with Gasteiger partial charge in [0.1, 0.15) is 5.75 Å². The lowest BCUT2D eigenvalue weighted by Gasteiger charge is -2.23. The summed E-state index contributed by atoms with van der Waals surface area (Å²) >= 11 is 0. The molecular formula is C22H21N7O3. The molecule has 0 amide bonds. The van der Waals surface area contributed by atoms with Gasteiger partial charge in [-0.1, -0.05) is 0 Å². The number of nitrogens with one attached hydrogen (secondary N) is 2. The number of hydrogen-bond donors (Lipinski definition) is 3. The molecule has 4 aromatic rings. The van der Waals surface area contributed by atoms with E-state index in [9.17, 15) is 0 Å². The van der Waals surface area contributed by atoms with E-state index in [0.717, 1.165) is 40.0 Å². The maximum absolute atomic E-state index is 6.13. The van der Waals surface area contributed by atoms with Crippen LogP contribution in [0.3, 0.4) is 0 Å². The first kappa shape index (κ1) is 18.6. The Bertz CT molecular complexity index is 1340. The summed E-state index contributed by atoms with van der Waals surface area (Å²) in [5, 5.41) is 10.5. The molecule has 10 nitrogen and oxygen atoms in total. The Labute approximate surface area is 183 Å². The van der Waals surface area contributed by atoms with Crippen LogP contribution in [0.1, 0.15) is 18.2 Å². The van der Waals surface area contributed by atoms with Crippen molar-refractivity contribution in [2.24, 2.45) is 10.7 Å². The SMILES string of the molecule is COc1ccc(-c2[nH]ncc2C2N=C(N)Nc3nc4cc5c(cc4n32)OCCCO5)cc1. The van der Waals surface area contributed by atoms with Crippen molar-refractivity contribution in [2.75, 3.05) is 25.6 Å². The van der Waals surface area contributed by atoms with Crippen molar-refractivity contribution in [3.8, 4) is 28.5 Å². The molecule has 0 saturated heterocycles. The number of H-pyrrole nitrogens is 1. The van der Waals surface area contributed by atoms with Crippen LogP contribution in [-0.2, 0) is 0 Å². The topological polar surface area (TPSA) is 125 Å². The molecule has 10 heteroatoms. The third-order valence-corrected chi connectivity index (χ3v) is 5.63. The molecule has 0 bridgehead atoms. The highest BCUT2D eigenvalue weighted by molar-refractivity contribution is 5.95. The van der Waals surface area contributed by atoms with Gasteiger partial charge < -0.3 is 19.9 Å². The van der Waals surface area contributed by atoms with E-state index in [4.69, 9.17) is 24.9 Å². The lowest BCUT2D eigenvalue weighted by atomic mass is 10.1. The van der Waals surface area contributed by atoms with Gasteiger partial charge in [0.15, 0.2) is 23.6 Å². The van der Waals surface area contributed by atoms with Crippen LogP contribution in [0.5, 0.6) is 17.2 Å². The number of aromatic amines is 1. The van der Waals surface area contributed by atoms with Crippen molar-refractivity contribution in [2.45, 2.75) is 12.6 Å². The number of imidazole rings is 1. The minimum absolute atomic E-state index is 0.286. The van der Waals surface area contributed by atoms with E-state index in [1.54, 1.807) is 13.3 Å². The van der Waals surface area contributed by atoms with Gasteiger partial charge in [0.25, 0.3) is 0 Å². The standard InChI is InChI=1S/C22H21N7O3/c1-30-13-5-3-12(4-6-13)19-14(11-24-28-19)20-26-21(23)27-22-25-15-9-17-18(10-16(15)29(20)22)32-8-2-7-31-17/h3-6,9-11,20H,2,7-8H2,1H3,(H,24,28)(H3,23,25,26,27). The van der Waals surface area contributed by atoms with Crippen molar-refractivity contribution in [3.05, 3.63) is 48.2 Å². The fraction of sp³-hybridized carbons (Fsp3) is 0.227.